The molecule has 1 amide bonds. The van der Waals surface area contributed by atoms with Gasteiger partial charge >= 0.3 is 0 Å². The van der Waals surface area contributed by atoms with E-state index in [1.165, 1.54) is 6.20 Å². The van der Waals surface area contributed by atoms with Gasteiger partial charge in [-0.15, -0.1) is 0 Å². The van der Waals surface area contributed by atoms with Crippen LogP contribution in [0.25, 0.3) is 0 Å². The second kappa shape index (κ2) is 6.94. The number of aryl methyl sites for hydroxylation is 2. The van der Waals surface area contributed by atoms with Gasteiger partial charge in [-0.05, 0) is 56.4 Å². The molecule has 1 aromatic rings. The minimum absolute atomic E-state index is 0.163. The number of hydrogen-bond donors (Lipinski definition) is 1. The molecule has 4 heteroatoms. The quantitative estimate of drug-likeness (QED) is 0.685. The maximum absolute atomic E-state index is 12.3. The van der Waals surface area contributed by atoms with E-state index in [2.05, 4.69) is 11.4 Å². The first-order valence-corrected chi connectivity index (χ1v) is 7.34. The van der Waals surface area contributed by atoms with Crippen molar-refractivity contribution in [3.8, 4) is 6.07 Å². The molecule has 2 rings (SSSR count). The number of carbonyl (C=O) groups is 1. The zero-order valence-electron chi connectivity index (χ0n) is 12.6. The fourth-order valence-electron chi connectivity index (χ4n) is 2.62. The van der Waals surface area contributed by atoms with Crippen LogP contribution < -0.4 is 5.32 Å². The van der Waals surface area contributed by atoms with Gasteiger partial charge < -0.3 is 10.2 Å². The highest BCUT2D eigenvalue weighted by molar-refractivity contribution is 5.97. The van der Waals surface area contributed by atoms with Gasteiger partial charge in [0, 0.05) is 25.0 Å². The maximum atomic E-state index is 12.3. The Morgan fingerprint density at radius 2 is 1.81 bits per heavy atom. The standard InChI is InChI=1S/C17H21N3O/c1-13-8-14(2)10-16(9-13)19-12-15(11-18)17(21)20-6-4-3-5-7-20/h8-10,12,19H,3-7H2,1-2H3/b15-12-. The molecule has 0 unspecified atom stereocenters. The fraction of sp³-hybridized carbons (Fsp3) is 0.412. The van der Waals surface area contributed by atoms with Gasteiger partial charge in [-0.3, -0.25) is 4.79 Å². The summed E-state index contributed by atoms with van der Waals surface area (Å²) in [5.74, 6) is -0.172. The number of nitrogens with one attached hydrogen (secondary N) is 1. The van der Waals surface area contributed by atoms with Crippen molar-refractivity contribution in [1.29, 1.82) is 5.26 Å². The molecule has 0 spiro atoms. The van der Waals surface area contributed by atoms with Crippen LogP contribution in [0.3, 0.4) is 0 Å². The van der Waals surface area contributed by atoms with Crippen LogP contribution in [0.2, 0.25) is 0 Å². The van der Waals surface area contributed by atoms with Crippen LogP contribution in [-0.2, 0) is 4.79 Å². The summed E-state index contributed by atoms with van der Waals surface area (Å²) in [6, 6.07) is 8.07. The number of likely N-dealkylation sites (tertiary alicyclic amines) is 1. The Balaban J connectivity index is 2.09. The summed E-state index contributed by atoms with van der Waals surface area (Å²) in [5.41, 5.74) is 3.35. The van der Waals surface area contributed by atoms with Crippen molar-refractivity contribution in [2.24, 2.45) is 0 Å². The van der Waals surface area contributed by atoms with Crippen molar-refractivity contribution < 1.29 is 4.79 Å². The Labute approximate surface area is 126 Å². The third kappa shape index (κ3) is 4.09. The summed E-state index contributed by atoms with van der Waals surface area (Å²) in [5, 5.41) is 12.3. The van der Waals surface area contributed by atoms with E-state index in [4.69, 9.17) is 0 Å². The lowest BCUT2D eigenvalue weighted by Crippen LogP contribution is -2.36. The Kier molecular flexibility index (Phi) is 4.99. The molecule has 1 aliphatic rings. The summed E-state index contributed by atoms with van der Waals surface area (Å²) >= 11 is 0. The Hall–Kier alpha value is -2.28. The summed E-state index contributed by atoms with van der Waals surface area (Å²) in [7, 11) is 0. The second-order valence-corrected chi connectivity index (χ2v) is 5.54. The number of amides is 1. The second-order valence-electron chi connectivity index (χ2n) is 5.54. The van der Waals surface area contributed by atoms with E-state index >= 15 is 0 Å². The summed E-state index contributed by atoms with van der Waals surface area (Å²) < 4.78 is 0. The normalized spacial score (nSPS) is 15.5. The molecule has 0 bridgehead atoms. The molecule has 0 radical (unpaired) electrons. The van der Waals surface area contributed by atoms with Crippen LogP contribution in [-0.4, -0.2) is 23.9 Å². The Morgan fingerprint density at radius 3 is 2.38 bits per heavy atom. The molecule has 0 saturated carbocycles. The molecule has 1 saturated heterocycles. The number of rotatable bonds is 3. The van der Waals surface area contributed by atoms with Gasteiger partial charge in [0.05, 0.1) is 0 Å². The fourth-order valence-corrected chi connectivity index (χ4v) is 2.62. The minimum atomic E-state index is -0.172. The Bertz CT molecular complexity index is 572. The monoisotopic (exact) mass is 283 g/mol. The van der Waals surface area contributed by atoms with Crippen molar-refractivity contribution in [2.75, 3.05) is 18.4 Å². The van der Waals surface area contributed by atoms with Gasteiger partial charge in [0.1, 0.15) is 11.6 Å². The highest BCUT2D eigenvalue weighted by Crippen LogP contribution is 2.15. The predicted molar refractivity (Wildman–Crippen MR) is 83.7 cm³/mol. The first-order valence-electron chi connectivity index (χ1n) is 7.34. The Morgan fingerprint density at radius 1 is 1.19 bits per heavy atom. The molecule has 1 aliphatic heterocycles. The van der Waals surface area contributed by atoms with Crippen LogP contribution in [0.15, 0.2) is 30.0 Å². The number of nitrogens with zero attached hydrogens (tertiary/aromatic N) is 2. The predicted octanol–water partition coefficient (Wildman–Crippen LogP) is 3.14. The lowest BCUT2D eigenvalue weighted by atomic mass is 10.1. The first-order chi connectivity index (χ1) is 10.1. The van der Waals surface area contributed by atoms with Crippen LogP contribution in [0.4, 0.5) is 5.69 Å². The van der Waals surface area contributed by atoms with Gasteiger partial charge in [-0.25, -0.2) is 0 Å². The minimum Gasteiger partial charge on any atom is -0.360 e. The number of benzene rings is 1. The number of anilines is 1. The van der Waals surface area contributed by atoms with Gasteiger partial charge in [0.15, 0.2) is 0 Å². The van der Waals surface area contributed by atoms with E-state index < -0.39 is 0 Å². The van der Waals surface area contributed by atoms with Crippen molar-refractivity contribution in [2.45, 2.75) is 33.1 Å². The van der Waals surface area contributed by atoms with Crippen LogP contribution >= 0.6 is 0 Å². The smallest absolute Gasteiger partial charge is 0.266 e. The molecule has 1 heterocycles. The molecule has 0 aliphatic carbocycles. The molecule has 1 N–H and O–H groups in total. The molecule has 1 aromatic carbocycles. The topological polar surface area (TPSA) is 56.1 Å². The third-order valence-corrected chi connectivity index (χ3v) is 3.60. The molecular formula is C17H21N3O. The van der Waals surface area contributed by atoms with Crippen molar-refractivity contribution >= 4 is 11.6 Å². The van der Waals surface area contributed by atoms with E-state index in [1.54, 1.807) is 4.90 Å². The first kappa shape index (κ1) is 15.1. The molecule has 1 fully saturated rings. The van der Waals surface area contributed by atoms with Crippen LogP contribution in [0, 0.1) is 25.2 Å². The van der Waals surface area contributed by atoms with Gasteiger partial charge in [-0.2, -0.15) is 5.26 Å². The molecule has 4 nitrogen and oxygen atoms in total. The SMILES string of the molecule is Cc1cc(C)cc(N/C=C(/C#N)C(=O)N2CCCCC2)c1. The molecular weight excluding hydrogens is 262 g/mol. The third-order valence-electron chi connectivity index (χ3n) is 3.60. The average Bonchev–Trinajstić information content (AvgIpc) is 2.47. The molecule has 0 atom stereocenters. The summed E-state index contributed by atoms with van der Waals surface area (Å²) in [6.45, 7) is 5.54. The average molecular weight is 283 g/mol. The lowest BCUT2D eigenvalue weighted by molar-refractivity contribution is -0.127. The maximum Gasteiger partial charge on any atom is 0.266 e. The largest absolute Gasteiger partial charge is 0.360 e. The molecule has 21 heavy (non-hydrogen) atoms. The number of carbonyl (C=O) groups excluding carboxylic acids is 1. The van der Waals surface area contributed by atoms with Crippen LogP contribution in [0.1, 0.15) is 30.4 Å². The summed E-state index contributed by atoms with van der Waals surface area (Å²) in [6.07, 6.45) is 4.73. The van der Waals surface area contributed by atoms with Gasteiger partial charge in [0.25, 0.3) is 5.91 Å². The molecule has 110 valence electrons. The van der Waals surface area contributed by atoms with Gasteiger partial charge in [-0.1, -0.05) is 6.07 Å². The van der Waals surface area contributed by atoms with Crippen molar-refractivity contribution in [3.05, 3.63) is 41.1 Å². The molecule has 0 aromatic heterocycles. The highest BCUT2D eigenvalue weighted by atomic mass is 16.2. The highest BCUT2D eigenvalue weighted by Gasteiger charge is 2.20. The zero-order valence-corrected chi connectivity index (χ0v) is 12.6. The van der Waals surface area contributed by atoms with Gasteiger partial charge in [0.2, 0.25) is 0 Å². The van der Waals surface area contributed by atoms with E-state index in [0.717, 1.165) is 49.2 Å². The van der Waals surface area contributed by atoms with E-state index in [0.29, 0.717) is 0 Å². The van der Waals surface area contributed by atoms with Crippen molar-refractivity contribution in [3.63, 3.8) is 0 Å². The number of nitriles is 1. The zero-order chi connectivity index (χ0) is 15.2. The van der Waals surface area contributed by atoms with E-state index in [1.807, 2.05) is 32.0 Å². The number of piperidine rings is 1. The summed E-state index contributed by atoms with van der Waals surface area (Å²) in [4.78, 5) is 14.0. The van der Waals surface area contributed by atoms with Crippen LogP contribution in [0.5, 0.6) is 0 Å². The van der Waals surface area contributed by atoms with Crippen molar-refractivity contribution in [1.82, 2.24) is 4.90 Å². The number of hydrogen-bond acceptors (Lipinski definition) is 3. The lowest BCUT2D eigenvalue weighted by Gasteiger charge is -2.26. The van der Waals surface area contributed by atoms with E-state index in [9.17, 15) is 10.1 Å². The van der Waals surface area contributed by atoms with E-state index in [-0.39, 0.29) is 11.5 Å².